The van der Waals surface area contributed by atoms with Crippen molar-refractivity contribution in [2.45, 2.75) is 26.2 Å². The maximum absolute atomic E-state index is 12.4. The van der Waals surface area contributed by atoms with E-state index in [4.69, 9.17) is 9.47 Å². The van der Waals surface area contributed by atoms with E-state index in [0.717, 1.165) is 5.56 Å². The number of esters is 1. The van der Waals surface area contributed by atoms with E-state index in [-0.39, 0.29) is 29.1 Å². The summed E-state index contributed by atoms with van der Waals surface area (Å²) in [5, 5.41) is 9.64. The molecule has 2 rings (SSSR count). The van der Waals surface area contributed by atoms with E-state index in [9.17, 15) is 14.7 Å². The van der Waals surface area contributed by atoms with Crippen LogP contribution < -0.4 is 10.2 Å². The molecule has 0 spiro atoms. The van der Waals surface area contributed by atoms with Crippen LogP contribution in [-0.4, -0.2) is 28.9 Å². The lowest BCUT2D eigenvalue weighted by atomic mass is 10.2. The molecule has 1 atom stereocenters. The zero-order valence-electron chi connectivity index (χ0n) is 13.4. The highest BCUT2D eigenvalue weighted by Crippen LogP contribution is 2.21. The summed E-state index contributed by atoms with van der Waals surface area (Å²) in [4.78, 5) is 24.6. The fourth-order valence-corrected chi connectivity index (χ4v) is 2.63. The van der Waals surface area contributed by atoms with Crippen molar-refractivity contribution in [2.24, 2.45) is 0 Å². The molecule has 1 N–H and O–H groups in total. The highest BCUT2D eigenvalue weighted by Gasteiger charge is 2.23. The third-order valence-electron chi connectivity index (χ3n) is 3.26. The molecule has 0 saturated carbocycles. The minimum absolute atomic E-state index is 0.0254. The second-order valence-corrected chi connectivity index (χ2v) is 6.11. The summed E-state index contributed by atoms with van der Waals surface area (Å²) in [6.45, 7) is 1.83. The molecule has 0 fully saturated rings. The molecular weight excluding hydrogens is 378 g/mol. The zero-order valence-corrected chi connectivity index (χ0v) is 14.9. The maximum Gasteiger partial charge on any atom is 0.358 e. The first-order valence-corrected chi connectivity index (χ1v) is 8.09. The van der Waals surface area contributed by atoms with Crippen LogP contribution in [-0.2, 0) is 17.9 Å². The molecule has 0 aliphatic rings. The molecule has 1 aromatic heterocycles. The van der Waals surface area contributed by atoms with Crippen molar-refractivity contribution in [3.05, 3.63) is 62.5 Å². The minimum atomic E-state index is -0.718. The summed E-state index contributed by atoms with van der Waals surface area (Å²) in [6.07, 6.45) is 0.723. The van der Waals surface area contributed by atoms with Gasteiger partial charge in [0.05, 0.1) is 17.7 Å². The van der Waals surface area contributed by atoms with Gasteiger partial charge in [-0.25, -0.2) is 4.79 Å². The number of halogens is 1. The highest BCUT2D eigenvalue weighted by atomic mass is 79.9. The number of benzene rings is 1. The van der Waals surface area contributed by atoms with E-state index >= 15 is 0 Å². The molecule has 2 aromatic rings. The Bertz CT molecular complexity index is 771. The Hall–Kier alpha value is -2.12. The van der Waals surface area contributed by atoms with Gasteiger partial charge in [-0.1, -0.05) is 30.3 Å². The lowest BCUT2D eigenvalue weighted by Crippen LogP contribution is -2.25. The van der Waals surface area contributed by atoms with Gasteiger partial charge < -0.3 is 19.1 Å². The van der Waals surface area contributed by atoms with E-state index in [1.54, 1.807) is 6.92 Å². The average Bonchev–Trinajstić information content (AvgIpc) is 2.56. The van der Waals surface area contributed by atoms with Gasteiger partial charge in [0.15, 0.2) is 11.4 Å². The van der Waals surface area contributed by atoms with E-state index in [0.29, 0.717) is 0 Å². The normalized spacial score (nSPS) is 11.8. The Balaban J connectivity index is 2.48. The van der Waals surface area contributed by atoms with Gasteiger partial charge in [-0.15, -0.1) is 0 Å². The van der Waals surface area contributed by atoms with Crippen molar-refractivity contribution in [1.82, 2.24) is 4.57 Å². The lowest BCUT2D eigenvalue weighted by Gasteiger charge is -2.18. The predicted molar refractivity (Wildman–Crippen MR) is 92.2 cm³/mol. The molecule has 0 aliphatic heterocycles. The van der Waals surface area contributed by atoms with Gasteiger partial charge in [0.2, 0.25) is 5.43 Å². The zero-order chi connectivity index (χ0) is 17.7. The average molecular weight is 396 g/mol. The summed E-state index contributed by atoms with van der Waals surface area (Å²) in [6, 6.07) is 9.28. The van der Waals surface area contributed by atoms with Gasteiger partial charge in [-0.3, -0.25) is 4.79 Å². The summed E-state index contributed by atoms with van der Waals surface area (Å²) >= 11 is 3.17. The van der Waals surface area contributed by atoms with E-state index in [1.807, 2.05) is 30.3 Å². The van der Waals surface area contributed by atoms with Gasteiger partial charge in [0.1, 0.15) is 6.61 Å². The Morgan fingerprint density at radius 2 is 2.00 bits per heavy atom. The number of pyridine rings is 1. The van der Waals surface area contributed by atoms with E-state index in [1.165, 1.54) is 17.9 Å². The summed E-state index contributed by atoms with van der Waals surface area (Å²) in [5.41, 5.74) is 0.380. The Kier molecular flexibility index (Phi) is 6.16. The standard InChI is InChI=1S/C17H18BrNO5/c1-11(20)8-19-9-13(18)15(21)16(14(19)17(22)23-2)24-10-12-6-4-3-5-7-12/h3-7,9,11,20H,8,10H2,1-2H3. The molecule has 0 bridgehead atoms. The Morgan fingerprint density at radius 3 is 2.58 bits per heavy atom. The number of rotatable bonds is 6. The predicted octanol–water partition coefficient (Wildman–Crippen LogP) is 2.36. The van der Waals surface area contributed by atoms with Crippen LogP contribution in [0.4, 0.5) is 0 Å². The summed E-state index contributed by atoms with van der Waals surface area (Å²) in [5.74, 6) is -0.816. The van der Waals surface area contributed by atoms with Gasteiger partial charge in [-0.2, -0.15) is 0 Å². The molecule has 0 saturated heterocycles. The van der Waals surface area contributed by atoms with Crippen molar-refractivity contribution in [3.63, 3.8) is 0 Å². The van der Waals surface area contributed by atoms with Crippen molar-refractivity contribution in [2.75, 3.05) is 7.11 Å². The van der Waals surface area contributed by atoms with Gasteiger partial charge in [0, 0.05) is 12.7 Å². The smallest absolute Gasteiger partial charge is 0.358 e. The van der Waals surface area contributed by atoms with Gasteiger partial charge in [0.25, 0.3) is 0 Å². The number of hydrogen-bond acceptors (Lipinski definition) is 5. The number of hydrogen-bond donors (Lipinski definition) is 1. The third-order valence-corrected chi connectivity index (χ3v) is 3.83. The van der Waals surface area contributed by atoms with Crippen molar-refractivity contribution in [1.29, 1.82) is 0 Å². The topological polar surface area (TPSA) is 77.8 Å². The molecule has 7 heteroatoms. The van der Waals surface area contributed by atoms with Crippen LogP contribution in [0.3, 0.4) is 0 Å². The monoisotopic (exact) mass is 395 g/mol. The van der Waals surface area contributed by atoms with Crippen LogP contribution in [0, 0.1) is 0 Å². The number of carbonyl (C=O) groups is 1. The first kappa shape index (κ1) is 18.2. The second-order valence-electron chi connectivity index (χ2n) is 5.25. The van der Waals surface area contributed by atoms with Crippen LogP contribution in [0.15, 0.2) is 45.8 Å². The Labute approximate surface area is 147 Å². The first-order chi connectivity index (χ1) is 11.4. The largest absolute Gasteiger partial charge is 0.482 e. The number of aliphatic hydroxyl groups is 1. The minimum Gasteiger partial charge on any atom is -0.482 e. The number of ether oxygens (including phenoxy) is 2. The van der Waals surface area contributed by atoms with Crippen LogP contribution in [0.1, 0.15) is 23.0 Å². The molecule has 0 amide bonds. The SMILES string of the molecule is COC(=O)c1c(OCc2ccccc2)c(=O)c(Br)cn1CC(C)O. The Morgan fingerprint density at radius 1 is 1.33 bits per heavy atom. The number of aromatic nitrogens is 1. The van der Waals surface area contributed by atoms with Crippen LogP contribution in [0.25, 0.3) is 0 Å². The molecule has 128 valence electrons. The molecule has 1 aromatic carbocycles. The number of nitrogens with zero attached hydrogens (tertiary/aromatic N) is 1. The second kappa shape index (κ2) is 8.12. The van der Waals surface area contributed by atoms with Crippen molar-refractivity contribution < 1.29 is 19.4 Å². The molecule has 1 unspecified atom stereocenters. The quantitative estimate of drug-likeness (QED) is 0.759. The van der Waals surface area contributed by atoms with Crippen molar-refractivity contribution >= 4 is 21.9 Å². The molecular formula is C17H18BrNO5. The van der Waals surface area contributed by atoms with Crippen LogP contribution in [0.2, 0.25) is 0 Å². The van der Waals surface area contributed by atoms with E-state index < -0.39 is 17.5 Å². The fraction of sp³-hybridized carbons (Fsp3) is 0.294. The number of methoxy groups -OCH3 is 1. The number of aliphatic hydroxyl groups excluding tert-OH is 1. The molecule has 0 aliphatic carbocycles. The van der Waals surface area contributed by atoms with Crippen LogP contribution in [0.5, 0.6) is 5.75 Å². The maximum atomic E-state index is 12.4. The molecule has 6 nitrogen and oxygen atoms in total. The summed E-state index contributed by atoms with van der Waals surface area (Å²) in [7, 11) is 1.22. The third kappa shape index (κ3) is 4.24. The van der Waals surface area contributed by atoms with Crippen molar-refractivity contribution in [3.8, 4) is 5.75 Å². The van der Waals surface area contributed by atoms with Gasteiger partial charge >= 0.3 is 5.97 Å². The van der Waals surface area contributed by atoms with Crippen LogP contribution >= 0.6 is 15.9 Å². The van der Waals surface area contributed by atoms with Gasteiger partial charge in [-0.05, 0) is 28.4 Å². The molecule has 1 heterocycles. The highest BCUT2D eigenvalue weighted by molar-refractivity contribution is 9.10. The molecule has 0 radical (unpaired) electrons. The summed E-state index contributed by atoms with van der Waals surface area (Å²) < 4.78 is 12.1. The molecule has 24 heavy (non-hydrogen) atoms. The van der Waals surface area contributed by atoms with E-state index in [2.05, 4.69) is 15.9 Å². The lowest BCUT2D eigenvalue weighted by molar-refractivity contribution is 0.0576. The first-order valence-electron chi connectivity index (χ1n) is 7.30. The fourth-order valence-electron chi connectivity index (χ4n) is 2.21. The number of carbonyl (C=O) groups excluding carboxylic acids is 1.